The minimum absolute atomic E-state index is 0.763. The van der Waals surface area contributed by atoms with Gasteiger partial charge in [0.25, 0.3) is 0 Å². The molecule has 0 aliphatic carbocycles. The summed E-state index contributed by atoms with van der Waals surface area (Å²) in [7, 11) is 0. The molecule has 4 heteroatoms. The van der Waals surface area contributed by atoms with Crippen LogP contribution in [0.5, 0.6) is 0 Å². The standard InChI is InChI=1S/C16H31N3O/c1-14-3-6-19(7-4-14)16-12-17-5-2-15(16)13-18-8-10-20-11-9-18/h14-17H,2-13H2,1H3. The first kappa shape index (κ1) is 14.8. The molecule has 2 unspecified atom stereocenters. The summed E-state index contributed by atoms with van der Waals surface area (Å²) in [6.45, 7) is 12.8. The molecule has 0 aromatic rings. The lowest BCUT2D eigenvalue weighted by Gasteiger charge is -2.45. The van der Waals surface area contributed by atoms with E-state index in [1.807, 2.05) is 0 Å². The Kier molecular flexibility index (Phi) is 5.32. The van der Waals surface area contributed by atoms with Gasteiger partial charge >= 0.3 is 0 Å². The minimum Gasteiger partial charge on any atom is -0.379 e. The first-order valence-corrected chi connectivity index (χ1v) is 8.58. The molecule has 0 aromatic carbocycles. The lowest BCUT2D eigenvalue weighted by molar-refractivity contribution is 0.00996. The van der Waals surface area contributed by atoms with Crippen molar-refractivity contribution in [1.82, 2.24) is 15.1 Å². The summed E-state index contributed by atoms with van der Waals surface area (Å²) in [5, 5.41) is 3.63. The highest BCUT2D eigenvalue weighted by atomic mass is 16.5. The van der Waals surface area contributed by atoms with Gasteiger partial charge in [-0.25, -0.2) is 0 Å². The van der Waals surface area contributed by atoms with Crippen molar-refractivity contribution in [3.05, 3.63) is 0 Å². The number of hydrogen-bond donors (Lipinski definition) is 1. The summed E-state index contributed by atoms with van der Waals surface area (Å²) in [4.78, 5) is 5.40. The molecule has 0 saturated carbocycles. The summed E-state index contributed by atoms with van der Waals surface area (Å²) >= 11 is 0. The predicted molar refractivity (Wildman–Crippen MR) is 82.0 cm³/mol. The van der Waals surface area contributed by atoms with Crippen LogP contribution in [0, 0.1) is 11.8 Å². The topological polar surface area (TPSA) is 27.7 Å². The maximum absolute atomic E-state index is 5.48. The van der Waals surface area contributed by atoms with Crippen molar-refractivity contribution in [2.45, 2.75) is 32.2 Å². The van der Waals surface area contributed by atoms with Gasteiger partial charge in [0.1, 0.15) is 0 Å². The van der Waals surface area contributed by atoms with Crippen molar-refractivity contribution in [3.63, 3.8) is 0 Å². The van der Waals surface area contributed by atoms with Gasteiger partial charge in [-0.05, 0) is 50.7 Å². The fourth-order valence-electron chi connectivity index (χ4n) is 4.01. The summed E-state index contributed by atoms with van der Waals surface area (Å²) in [6.07, 6.45) is 4.12. The minimum atomic E-state index is 0.763. The maximum Gasteiger partial charge on any atom is 0.0594 e. The summed E-state index contributed by atoms with van der Waals surface area (Å²) in [5.41, 5.74) is 0. The van der Waals surface area contributed by atoms with E-state index in [2.05, 4.69) is 22.0 Å². The van der Waals surface area contributed by atoms with Gasteiger partial charge in [0.2, 0.25) is 0 Å². The molecule has 3 aliphatic heterocycles. The Balaban J connectivity index is 1.55. The molecule has 0 spiro atoms. The maximum atomic E-state index is 5.48. The third-order valence-corrected chi connectivity index (χ3v) is 5.47. The molecule has 1 N–H and O–H groups in total. The zero-order valence-electron chi connectivity index (χ0n) is 13.0. The van der Waals surface area contributed by atoms with Crippen molar-refractivity contribution in [2.75, 3.05) is 59.0 Å². The van der Waals surface area contributed by atoms with Crippen LogP contribution in [-0.2, 0) is 4.74 Å². The van der Waals surface area contributed by atoms with Gasteiger partial charge in [0.15, 0.2) is 0 Å². The molecule has 3 aliphatic rings. The van der Waals surface area contributed by atoms with E-state index in [1.165, 1.54) is 52.0 Å². The number of rotatable bonds is 3. The van der Waals surface area contributed by atoms with E-state index < -0.39 is 0 Å². The van der Waals surface area contributed by atoms with Gasteiger partial charge in [0, 0.05) is 32.2 Å². The first-order valence-electron chi connectivity index (χ1n) is 8.58. The Morgan fingerprint density at radius 1 is 1.05 bits per heavy atom. The molecule has 0 radical (unpaired) electrons. The van der Waals surface area contributed by atoms with Crippen LogP contribution in [0.2, 0.25) is 0 Å². The lowest BCUT2D eigenvalue weighted by atomic mass is 9.88. The fourth-order valence-corrected chi connectivity index (χ4v) is 4.01. The predicted octanol–water partition coefficient (Wildman–Crippen LogP) is 1.03. The van der Waals surface area contributed by atoms with Crippen LogP contribution in [0.3, 0.4) is 0 Å². The van der Waals surface area contributed by atoms with Crippen LogP contribution >= 0.6 is 0 Å². The molecule has 3 saturated heterocycles. The number of likely N-dealkylation sites (tertiary alicyclic amines) is 1. The third kappa shape index (κ3) is 3.73. The van der Waals surface area contributed by atoms with Crippen molar-refractivity contribution < 1.29 is 4.74 Å². The Labute approximate surface area is 123 Å². The highest BCUT2D eigenvalue weighted by Gasteiger charge is 2.32. The number of nitrogens with one attached hydrogen (secondary N) is 1. The molecule has 3 heterocycles. The molecule has 0 amide bonds. The van der Waals surface area contributed by atoms with E-state index in [4.69, 9.17) is 4.74 Å². The van der Waals surface area contributed by atoms with Crippen molar-refractivity contribution in [2.24, 2.45) is 11.8 Å². The quantitative estimate of drug-likeness (QED) is 0.836. The lowest BCUT2D eigenvalue weighted by Crippen LogP contribution is -2.56. The van der Waals surface area contributed by atoms with E-state index in [0.29, 0.717) is 0 Å². The molecule has 0 aromatic heterocycles. The zero-order valence-corrected chi connectivity index (χ0v) is 13.0. The number of piperidine rings is 2. The van der Waals surface area contributed by atoms with Crippen LogP contribution in [0.15, 0.2) is 0 Å². The molecule has 116 valence electrons. The molecule has 3 fully saturated rings. The van der Waals surface area contributed by atoms with E-state index in [-0.39, 0.29) is 0 Å². The average Bonchev–Trinajstić information content (AvgIpc) is 2.50. The number of nitrogens with zero attached hydrogens (tertiary/aromatic N) is 2. The average molecular weight is 281 g/mol. The SMILES string of the molecule is CC1CCN(C2CNCCC2CN2CCOCC2)CC1. The number of ether oxygens (including phenoxy) is 1. The number of morpholine rings is 1. The van der Waals surface area contributed by atoms with E-state index in [0.717, 1.165) is 44.2 Å². The van der Waals surface area contributed by atoms with Gasteiger partial charge in [0.05, 0.1) is 13.2 Å². The van der Waals surface area contributed by atoms with Gasteiger partial charge in [-0.1, -0.05) is 6.92 Å². The van der Waals surface area contributed by atoms with E-state index in [1.54, 1.807) is 0 Å². The summed E-state index contributed by atoms with van der Waals surface area (Å²) in [5.74, 6) is 1.78. The Morgan fingerprint density at radius 2 is 1.80 bits per heavy atom. The Bertz CT molecular complexity index is 285. The second-order valence-corrected chi connectivity index (χ2v) is 6.95. The largest absolute Gasteiger partial charge is 0.379 e. The van der Waals surface area contributed by atoms with Crippen LogP contribution in [0.1, 0.15) is 26.2 Å². The van der Waals surface area contributed by atoms with Gasteiger partial charge in [-0.15, -0.1) is 0 Å². The molecule has 3 rings (SSSR count). The van der Waals surface area contributed by atoms with Crippen molar-refractivity contribution >= 4 is 0 Å². The second kappa shape index (κ2) is 7.21. The Morgan fingerprint density at radius 3 is 2.55 bits per heavy atom. The Hall–Kier alpha value is -0.160. The molecule has 2 atom stereocenters. The van der Waals surface area contributed by atoms with Crippen LogP contribution in [0.25, 0.3) is 0 Å². The van der Waals surface area contributed by atoms with Gasteiger partial charge in [-0.3, -0.25) is 9.80 Å². The monoisotopic (exact) mass is 281 g/mol. The van der Waals surface area contributed by atoms with Crippen LogP contribution in [0.4, 0.5) is 0 Å². The van der Waals surface area contributed by atoms with Crippen molar-refractivity contribution in [1.29, 1.82) is 0 Å². The second-order valence-electron chi connectivity index (χ2n) is 6.95. The summed E-state index contributed by atoms with van der Waals surface area (Å²) in [6, 6.07) is 0.763. The molecule has 4 nitrogen and oxygen atoms in total. The molecular weight excluding hydrogens is 250 g/mol. The van der Waals surface area contributed by atoms with Gasteiger partial charge in [-0.2, -0.15) is 0 Å². The normalized spacial score (nSPS) is 35.2. The molecule has 0 bridgehead atoms. The fraction of sp³-hybridized carbons (Fsp3) is 1.00. The molecule has 20 heavy (non-hydrogen) atoms. The van der Waals surface area contributed by atoms with Crippen molar-refractivity contribution in [3.8, 4) is 0 Å². The van der Waals surface area contributed by atoms with Crippen LogP contribution < -0.4 is 5.32 Å². The number of hydrogen-bond acceptors (Lipinski definition) is 4. The smallest absolute Gasteiger partial charge is 0.0594 e. The summed E-state index contributed by atoms with van der Waals surface area (Å²) < 4.78 is 5.48. The molecular formula is C16H31N3O. The highest BCUT2D eigenvalue weighted by molar-refractivity contribution is 4.89. The van der Waals surface area contributed by atoms with E-state index >= 15 is 0 Å². The third-order valence-electron chi connectivity index (χ3n) is 5.47. The van der Waals surface area contributed by atoms with E-state index in [9.17, 15) is 0 Å². The highest BCUT2D eigenvalue weighted by Crippen LogP contribution is 2.25. The van der Waals surface area contributed by atoms with Crippen LogP contribution in [-0.4, -0.2) is 74.9 Å². The first-order chi connectivity index (χ1) is 9.83. The zero-order chi connectivity index (χ0) is 13.8. The van der Waals surface area contributed by atoms with Gasteiger partial charge < -0.3 is 10.1 Å².